The number of fused-ring (bicyclic) bond motifs is 2. The Labute approximate surface area is 110 Å². The average Bonchev–Trinajstić information content (AvgIpc) is 3.08. The number of ether oxygens (including phenoxy) is 1. The van der Waals surface area contributed by atoms with Gasteiger partial charge in [-0.1, -0.05) is 30.3 Å². The van der Waals surface area contributed by atoms with Crippen LogP contribution in [0.5, 0.6) is 0 Å². The van der Waals surface area contributed by atoms with Gasteiger partial charge in [-0.2, -0.15) is 0 Å². The van der Waals surface area contributed by atoms with Crippen LogP contribution in [-0.4, -0.2) is 23.2 Å². The van der Waals surface area contributed by atoms with Crippen molar-refractivity contribution >= 4 is 5.91 Å². The lowest BCUT2D eigenvalue weighted by Crippen LogP contribution is -2.45. The molecule has 2 N–H and O–H groups in total. The molecule has 1 aromatic rings. The van der Waals surface area contributed by atoms with Gasteiger partial charge in [0.25, 0.3) is 0 Å². The minimum Gasteiger partial charge on any atom is -0.390 e. The first-order valence-electron chi connectivity index (χ1n) is 6.96. The molecule has 1 aromatic carbocycles. The third-order valence-electron chi connectivity index (χ3n) is 5.66. The lowest BCUT2D eigenvalue weighted by atomic mass is 9.75. The van der Waals surface area contributed by atoms with Crippen LogP contribution in [0.4, 0.5) is 0 Å². The molecule has 2 aliphatic carbocycles. The van der Waals surface area contributed by atoms with Gasteiger partial charge in [0.1, 0.15) is 0 Å². The monoisotopic (exact) mass is 257 g/mol. The Hall–Kier alpha value is -1.39. The average molecular weight is 257 g/mol. The van der Waals surface area contributed by atoms with E-state index in [0.717, 1.165) is 12.0 Å². The zero-order valence-electron chi connectivity index (χ0n) is 10.3. The summed E-state index contributed by atoms with van der Waals surface area (Å²) >= 11 is 0. The van der Waals surface area contributed by atoms with Crippen molar-refractivity contribution in [2.75, 3.05) is 0 Å². The van der Waals surface area contributed by atoms with E-state index in [9.17, 15) is 9.90 Å². The van der Waals surface area contributed by atoms with E-state index in [2.05, 4.69) is 5.32 Å². The largest absolute Gasteiger partial charge is 0.390 e. The van der Waals surface area contributed by atoms with Crippen LogP contribution >= 0.6 is 0 Å². The van der Waals surface area contributed by atoms with E-state index in [1.54, 1.807) is 0 Å². The number of nitrogens with one attached hydrogen (secondary N) is 1. The lowest BCUT2D eigenvalue weighted by molar-refractivity contribution is -0.141. The van der Waals surface area contributed by atoms with E-state index in [1.807, 2.05) is 30.3 Å². The quantitative estimate of drug-likeness (QED) is 0.775. The number of amides is 1. The Kier molecular flexibility index (Phi) is 1.65. The van der Waals surface area contributed by atoms with Crippen molar-refractivity contribution in [3.8, 4) is 0 Å². The van der Waals surface area contributed by atoms with Gasteiger partial charge in [-0.05, 0) is 18.3 Å². The van der Waals surface area contributed by atoms with Gasteiger partial charge in [-0.25, -0.2) is 0 Å². The lowest BCUT2D eigenvalue weighted by Gasteiger charge is -2.30. The Bertz CT molecular complexity index is 574. The van der Waals surface area contributed by atoms with E-state index in [-0.39, 0.29) is 29.8 Å². The number of aliphatic hydroxyl groups is 1. The minimum atomic E-state index is -0.690. The molecule has 4 fully saturated rings. The Morgan fingerprint density at radius 1 is 1.26 bits per heavy atom. The molecular formula is C15H15NO3. The summed E-state index contributed by atoms with van der Waals surface area (Å²) in [6.45, 7) is 0. The standard InChI is InChI=1S/C15H15NO3/c17-12-8-6-9-11-10(8)14(18)16-15(11,19-13(9)12)7-4-2-1-3-5-7/h1-5,8-13,17H,6H2,(H,16,18). The van der Waals surface area contributed by atoms with Crippen molar-refractivity contribution in [2.45, 2.75) is 24.4 Å². The maximum Gasteiger partial charge on any atom is 0.226 e. The van der Waals surface area contributed by atoms with Crippen LogP contribution in [0.1, 0.15) is 12.0 Å². The highest BCUT2D eigenvalue weighted by Gasteiger charge is 2.76. The number of benzene rings is 1. The zero-order chi connectivity index (χ0) is 12.8. The zero-order valence-corrected chi connectivity index (χ0v) is 10.3. The van der Waals surface area contributed by atoms with Crippen LogP contribution in [0.25, 0.3) is 0 Å². The van der Waals surface area contributed by atoms with Crippen molar-refractivity contribution in [1.82, 2.24) is 5.32 Å². The van der Waals surface area contributed by atoms with Crippen LogP contribution in [0.2, 0.25) is 0 Å². The van der Waals surface area contributed by atoms with Crippen LogP contribution in [0.3, 0.4) is 0 Å². The topological polar surface area (TPSA) is 58.6 Å². The van der Waals surface area contributed by atoms with E-state index in [4.69, 9.17) is 4.74 Å². The second-order valence-corrected chi connectivity index (χ2v) is 6.28. The first-order chi connectivity index (χ1) is 9.22. The predicted molar refractivity (Wildman–Crippen MR) is 65.7 cm³/mol. The Balaban J connectivity index is 1.72. The van der Waals surface area contributed by atoms with Crippen molar-refractivity contribution < 1.29 is 14.6 Å². The third kappa shape index (κ3) is 0.965. The highest BCUT2D eigenvalue weighted by molar-refractivity contribution is 5.84. The molecule has 2 saturated heterocycles. The molecular weight excluding hydrogens is 242 g/mol. The first-order valence-corrected chi connectivity index (χ1v) is 6.96. The van der Waals surface area contributed by atoms with Crippen LogP contribution in [-0.2, 0) is 15.3 Å². The van der Waals surface area contributed by atoms with E-state index in [1.165, 1.54) is 0 Å². The number of hydrogen-bond donors (Lipinski definition) is 2. The molecule has 2 heterocycles. The predicted octanol–water partition coefficient (Wildman–Crippen LogP) is 0.611. The molecule has 0 radical (unpaired) electrons. The summed E-state index contributed by atoms with van der Waals surface area (Å²) < 4.78 is 6.20. The molecule has 2 aliphatic heterocycles. The number of carbonyl (C=O) groups excluding carboxylic acids is 1. The minimum absolute atomic E-state index is 0.0542. The molecule has 7 atom stereocenters. The Morgan fingerprint density at radius 2 is 2.05 bits per heavy atom. The fourth-order valence-electron chi connectivity index (χ4n) is 5.09. The summed E-state index contributed by atoms with van der Waals surface area (Å²) in [6, 6.07) is 9.91. The summed E-state index contributed by atoms with van der Waals surface area (Å²) in [6.07, 6.45) is 0.360. The van der Waals surface area contributed by atoms with E-state index >= 15 is 0 Å². The van der Waals surface area contributed by atoms with Gasteiger partial charge in [-0.3, -0.25) is 4.79 Å². The molecule has 19 heavy (non-hydrogen) atoms. The first kappa shape index (κ1) is 10.4. The van der Waals surface area contributed by atoms with Gasteiger partial charge < -0.3 is 15.2 Å². The summed E-state index contributed by atoms with van der Waals surface area (Å²) in [7, 11) is 0. The molecule has 0 spiro atoms. The normalized spacial score (nSPS) is 52.8. The van der Waals surface area contributed by atoms with Crippen LogP contribution in [0.15, 0.2) is 30.3 Å². The van der Waals surface area contributed by atoms with Gasteiger partial charge >= 0.3 is 0 Å². The SMILES string of the molecule is O=C1NC2(c3ccccc3)OC3C(O)C4CC3C2C14. The molecule has 4 nitrogen and oxygen atoms in total. The van der Waals surface area contributed by atoms with Gasteiger partial charge in [0.15, 0.2) is 5.72 Å². The molecule has 7 unspecified atom stereocenters. The van der Waals surface area contributed by atoms with Crippen LogP contribution in [0, 0.1) is 23.7 Å². The van der Waals surface area contributed by atoms with Crippen molar-refractivity contribution in [3.05, 3.63) is 35.9 Å². The van der Waals surface area contributed by atoms with E-state index < -0.39 is 11.8 Å². The molecule has 5 rings (SSSR count). The molecule has 4 heteroatoms. The highest BCUT2D eigenvalue weighted by atomic mass is 16.5. The fraction of sp³-hybridized carbons (Fsp3) is 0.533. The van der Waals surface area contributed by atoms with Gasteiger partial charge in [-0.15, -0.1) is 0 Å². The molecule has 2 saturated carbocycles. The van der Waals surface area contributed by atoms with Gasteiger partial charge in [0.2, 0.25) is 5.91 Å². The molecule has 98 valence electrons. The fourth-order valence-corrected chi connectivity index (χ4v) is 5.09. The van der Waals surface area contributed by atoms with E-state index in [0.29, 0.717) is 5.92 Å². The molecule has 2 bridgehead atoms. The number of aliphatic hydroxyl groups excluding tert-OH is 1. The second kappa shape index (κ2) is 3.02. The molecule has 4 aliphatic rings. The second-order valence-electron chi connectivity index (χ2n) is 6.28. The summed E-state index contributed by atoms with van der Waals surface area (Å²) in [5.74, 6) is 0.593. The van der Waals surface area contributed by atoms with Gasteiger partial charge in [0, 0.05) is 11.5 Å². The summed E-state index contributed by atoms with van der Waals surface area (Å²) in [5.41, 5.74) is 0.322. The Morgan fingerprint density at radius 3 is 2.84 bits per heavy atom. The van der Waals surface area contributed by atoms with Crippen molar-refractivity contribution in [1.29, 1.82) is 0 Å². The number of carbonyl (C=O) groups is 1. The van der Waals surface area contributed by atoms with Crippen molar-refractivity contribution in [2.24, 2.45) is 23.7 Å². The number of hydrogen-bond acceptors (Lipinski definition) is 3. The van der Waals surface area contributed by atoms with Gasteiger partial charge in [0.05, 0.1) is 18.1 Å². The summed E-state index contributed by atoms with van der Waals surface area (Å²) in [5, 5.41) is 13.4. The maximum atomic E-state index is 12.3. The molecule has 1 amide bonds. The highest BCUT2D eigenvalue weighted by Crippen LogP contribution is 2.67. The number of rotatable bonds is 1. The summed E-state index contributed by atoms with van der Waals surface area (Å²) in [4.78, 5) is 12.3. The van der Waals surface area contributed by atoms with Crippen molar-refractivity contribution in [3.63, 3.8) is 0 Å². The third-order valence-corrected chi connectivity index (χ3v) is 5.66. The molecule has 0 aromatic heterocycles. The van der Waals surface area contributed by atoms with Crippen LogP contribution < -0.4 is 5.32 Å². The smallest absolute Gasteiger partial charge is 0.226 e. The maximum absolute atomic E-state index is 12.3.